The molecule has 0 heterocycles. The first-order valence-electron chi connectivity index (χ1n) is 4.42. The summed E-state index contributed by atoms with van der Waals surface area (Å²) in [6.45, 7) is 0. The van der Waals surface area contributed by atoms with Crippen molar-refractivity contribution in [1.29, 1.82) is 0 Å². The summed E-state index contributed by atoms with van der Waals surface area (Å²) in [5.74, 6) is 0. The molecule has 3 aliphatic rings. The van der Waals surface area contributed by atoms with Gasteiger partial charge in [-0.15, -0.1) is 0 Å². The number of hydrogen-bond donors (Lipinski definition) is 0. The van der Waals surface area contributed by atoms with Crippen molar-refractivity contribution in [3.05, 3.63) is 0 Å². The molecule has 1 nitrogen and oxygen atoms in total. The minimum absolute atomic E-state index is 0.299. The highest BCUT2D eigenvalue weighted by molar-refractivity contribution is 14.1. The molecule has 3 aliphatic carbocycles. The van der Waals surface area contributed by atoms with Crippen molar-refractivity contribution in [1.82, 2.24) is 0 Å². The summed E-state index contributed by atoms with van der Waals surface area (Å²) in [5.41, 5.74) is 0.299. The average Bonchev–Trinajstić information content (AvgIpc) is 2.07. The Morgan fingerprint density at radius 3 is 1.82 bits per heavy atom. The molecule has 2 heteroatoms. The van der Waals surface area contributed by atoms with Crippen LogP contribution in [0.1, 0.15) is 38.5 Å². The molecule has 0 spiro atoms. The zero-order chi connectivity index (χ0) is 7.95. The second kappa shape index (κ2) is 2.59. The van der Waals surface area contributed by atoms with Gasteiger partial charge >= 0.3 is 0 Å². The Balaban J connectivity index is 2.12. The smallest absolute Gasteiger partial charge is 0.0680 e. The van der Waals surface area contributed by atoms with E-state index in [1.165, 1.54) is 38.5 Å². The Morgan fingerprint density at radius 1 is 1.00 bits per heavy atom. The van der Waals surface area contributed by atoms with Gasteiger partial charge in [0.15, 0.2) is 0 Å². The Hall–Kier alpha value is 0.690. The standard InChI is InChI=1S/C9H15IO/c1-11-9-5-2-8(10,3-6-9)4-7-9/h2-7H2,1H3. The van der Waals surface area contributed by atoms with Crippen molar-refractivity contribution in [3.8, 4) is 0 Å². The summed E-state index contributed by atoms with van der Waals surface area (Å²) in [6, 6.07) is 0. The Morgan fingerprint density at radius 2 is 1.45 bits per heavy atom. The van der Waals surface area contributed by atoms with Gasteiger partial charge in [-0.2, -0.15) is 0 Å². The Kier molecular flexibility index (Phi) is 1.95. The van der Waals surface area contributed by atoms with E-state index in [1.54, 1.807) is 0 Å². The molecule has 0 N–H and O–H groups in total. The van der Waals surface area contributed by atoms with Gasteiger partial charge in [0.1, 0.15) is 0 Å². The minimum atomic E-state index is 0.299. The highest BCUT2D eigenvalue weighted by Gasteiger charge is 2.47. The molecule has 2 bridgehead atoms. The number of rotatable bonds is 1. The Bertz CT molecular complexity index is 142. The maximum absolute atomic E-state index is 5.61. The fourth-order valence-corrected chi connectivity index (χ4v) is 3.22. The van der Waals surface area contributed by atoms with Crippen LogP contribution >= 0.6 is 22.6 Å². The van der Waals surface area contributed by atoms with Crippen molar-refractivity contribution >= 4 is 22.6 Å². The van der Waals surface area contributed by atoms with E-state index in [0.717, 1.165) is 0 Å². The SMILES string of the molecule is COC12CCC(I)(CC1)CC2. The van der Waals surface area contributed by atoms with Crippen LogP contribution in [-0.2, 0) is 4.74 Å². The summed E-state index contributed by atoms with van der Waals surface area (Å²) in [7, 11) is 1.88. The third kappa shape index (κ3) is 1.32. The van der Waals surface area contributed by atoms with Crippen molar-refractivity contribution in [2.24, 2.45) is 0 Å². The van der Waals surface area contributed by atoms with E-state index in [4.69, 9.17) is 4.74 Å². The summed E-state index contributed by atoms with van der Waals surface area (Å²) in [6.07, 6.45) is 8.02. The van der Waals surface area contributed by atoms with E-state index >= 15 is 0 Å². The van der Waals surface area contributed by atoms with Crippen LogP contribution < -0.4 is 0 Å². The lowest BCUT2D eigenvalue weighted by Crippen LogP contribution is -2.47. The molecule has 3 rings (SSSR count). The van der Waals surface area contributed by atoms with Crippen LogP contribution in [0.15, 0.2) is 0 Å². The van der Waals surface area contributed by atoms with E-state index in [9.17, 15) is 0 Å². The summed E-state index contributed by atoms with van der Waals surface area (Å²) >= 11 is 2.66. The minimum Gasteiger partial charge on any atom is -0.378 e. The molecule has 0 amide bonds. The molecule has 0 aromatic carbocycles. The van der Waals surface area contributed by atoms with Gasteiger partial charge in [0.2, 0.25) is 0 Å². The van der Waals surface area contributed by atoms with Crippen LogP contribution in [0.25, 0.3) is 0 Å². The molecular formula is C9H15IO. The van der Waals surface area contributed by atoms with Gasteiger partial charge < -0.3 is 4.74 Å². The van der Waals surface area contributed by atoms with Gasteiger partial charge in [-0.25, -0.2) is 0 Å². The summed E-state index contributed by atoms with van der Waals surface area (Å²) in [4.78, 5) is 0. The molecule has 0 radical (unpaired) electrons. The van der Waals surface area contributed by atoms with Gasteiger partial charge in [-0.3, -0.25) is 0 Å². The number of hydrogen-bond acceptors (Lipinski definition) is 1. The van der Waals surface area contributed by atoms with Gasteiger partial charge in [-0.1, -0.05) is 22.6 Å². The quantitative estimate of drug-likeness (QED) is 0.523. The monoisotopic (exact) mass is 266 g/mol. The van der Waals surface area contributed by atoms with Gasteiger partial charge in [0, 0.05) is 10.5 Å². The molecule has 0 aliphatic heterocycles. The molecule has 3 fully saturated rings. The largest absolute Gasteiger partial charge is 0.378 e. The lowest BCUT2D eigenvalue weighted by molar-refractivity contribution is -0.0764. The lowest BCUT2D eigenvalue weighted by Gasteiger charge is -2.50. The first kappa shape index (κ1) is 8.30. The first-order valence-corrected chi connectivity index (χ1v) is 5.50. The van der Waals surface area contributed by atoms with Crippen molar-refractivity contribution in [2.75, 3.05) is 7.11 Å². The number of alkyl halides is 1. The van der Waals surface area contributed by atoms with Gasteiger partial charge in [0.25, 0.3) is 0 Å². The Labute approximate surface area is 82.0 Å². The van der Waals surface area contributed by atoms with Crippen LogP contribution in [0.4, 0.5) is 0 Å². The van der Waals surface area contributed by atoms with Crippen LogP contribution in [-0.4, -0.2) is 16.1 Å². The van der Waals surface area contributed by atoms with E-state index in [2.05, 4.69) is 22.6 Å². The molecule has 0 aromatic heterocycles. The fraction of sp³-hybridized carbons (Fsp3) is 1.00. The van der Waals surface area contributed by atoms with E-state index in [-0.39, 0.29) is 0 Å². The van der Waals surface area contributed by atoms with Crippen LogP contribution in [0, 0.1) is 0 Å². The topological polar surface area (TPSA) is 9.23 Å². The highest BCUT2D eigenvalue weighted by Crippen LogP contribution is 2.52. The third-order valence-electron chi connectivity index (χ3n) is 3.52. The van der Waals surface area contributed by atoms with Gasteiger partial charge in [0.05, 0.1) is 5.60 Å². The fourth-order valence-electron chi connectivity index (χ4n) is 2.41. The van der Waals surface area contributed by atoms with E-state index in [0.29, 0.717) is 9.02 Å². The average molecular weight is 266 g/mol. The molecule has 0 atom stereocenters. The third-order valence-corrected chi connectivity index (χ3v) is 5.14. The number of methoxy groups -OCH3 is 1. The van der Waals surface area contributed by atoms with Crippen molar-refractivity contribution in [3.63, 3.8) is 0 Å². The summed E-state index contributed by atoms with van der Waals surface area (Å²) < 4.78 is 6.26. The molecular weight excluding hydrogens is 251 g/mol. The molecule has 3 saturated carbocycles. The second-order valence-electron chi connectivity index (χ2n) is 4.04. The van der Waals surface area contributed by atoms with E-state index < -0.39 is 0 Å². The lowest BCUT2D eigenvalue weighted by atomic mass is 9.68. The number of ether oxygens (including phenoxy) is 1. The van der Waals surface area contributed by atoms with Crippen LogP contribution in [0.5, 0.6) is 0 Å². The zero-order valence-corrected chi connectivity index (χ0v) is 9.19. The normalized spacial score (nSPS) is 49.6. The van der Waals surface area contributed by atoms with Gasteiger partial charge in [-0.05, 0) is 38.5 Å². The zero-order valence-electron chi connectivity index (χ0n) is 7.03. The molecule has 0 aromatic rings. The molecule has 64 valence electrons. The first-order chi connectivity index (χ1) is 5.18. The molecule has 0 saturated heterocycles. The maximum atomic E-state index is 5.61. The second-order valence-corrected chi connectivity index (χ2v) is 6.33. The predicted molar refractivity (Wildman–Crippen MR) is 54.2 cm³/mol. The summed E-state index contributed by atoms with van der Waals surface area (Å²) in [5, 5.41) is 0. The predicted octanol–water partition coefficient (Wildman–Crippen LogP) is 2.91. The van der Waals surface area contributed by atoms with Crippen molar-refractivity contribution in [2.45, 2.75) is 47.5 Å². The molecule has 11 heavy (non-hydrogen) atoms. The number of halogens is 1. The highest BCUT2D eigenvalue weighted by atomic mass is 127. The van der Waals surface area contributed by atoms with E-state index in [1.807, 2.05) is 7.11 Å². The van der Waals surface area contributed by atoms with Crippen LogP contribution in [0.3, 0.4) is 0 Å². The maximum Gasteiger partial charge on any atom is 0.0680 e. The van der Waals surface area contributed by atoms with Crippen molar-refractivity contribution < 1.29 is 4.74 Å². The number of fused-ring (bicyclic) bond motifs is 3. The van der Waals surface area contributed by atoms with Crippen LogP contribution in [0.2, 0.25) is 0 Å². The molecule has 0 unspecified atom stereocenters.